The number of ether oxygens (including phenoxy) is 1. The van der Waals surface area contributed by atoms with Gasteiger partial charge in [-0.15, -0.1) is 0 Å². The monoisotopic (exact) mass is 313 g/mol. The van der Waals surface area contributed by atoms with Crippen molar-refractivity contribution in [2.75, 3.05) is 34.9 Å². The third-order valence-electron chi connectivity index (χ3n) is 3.91. The van der Waals surface area contributed by atoms with Crippen LogP contribution in [-0.2, 0) is 4.74 Å². The zero-order valence-electron chi connectivity index (χ0n) is 12.3. The van der Waals surface area contributed by atoms with Crippen molar-refractivity contribution in [1.82, 2.24) is 5.32 Å². The van der Waals surface area contributed by atoms with Crippen LogP contribution in [0, 0.1) is 0 Å². The lowest BCUT2D eigenvalue weighted by molar-refractivity contribution is 0.0356. The predicted molar refractivity (Wildman–Crippen MR) is 92.6 cm³/mol. The molecule has 2 heterocycles. The zero-order valence-corrected chi connectivity index (χ0v) is 13.1. The molecule has 4 rings (SSSR count). The van der Waals surface area contributed by atoms with Crippen LogP contribution in [0.5, 0.6) is 0 Å². The Labute approximate surface area is 135 Å². The van der Waals surface area contributed by atoms with Crippen LogP contribution in [0.15, 0.2) is 54.6 Å². The van der Waals surface area contributed by atoms with E-state index in [1.54, 1.807) is 12.1 Å². The van der Waals surface area contributed by atoms with Crippen LogP contribution in [0.25, 0.3) is 0 Å². The van der Waals surface area contributed by atoms with Gasteiger partial charge >= 0.3 is 0 Å². The van der Waals surface area contributed by atoms with E-state index in [9.17, 15) is 0 Å². The molecule has 1 N–H and O–H groups in total. The Bertz CT molecular complexity index is 631. The number of anilines is 3. The second-order valence-electron chi connectivity index (χ2n) is 5.46. The van der Waals surface area contributed by atoms with Gasteiger partial charge < -0.3 is 10.1 Å². The molecule has 2 aromatic carbocycles. The van der Waals surface area contributed by atoms with Gasteiger partial charge in [0.15, 0.2) is 0 Å². The molecule has 5 heteroatoms. The lowest BCUT2D eigenvalue weighted by Gasteiger charge is -2.28. The fraction of sp³-hybridized carbons (Fsp3) is 0.294. The Morgan fingerprint density at radius 2 is 1.82 bits per heavy atom. The van der Waals surface area contributed by atoms with Crippen molar-refractivity contribution < 1.29 is 4.74 Å². The van der Waals surface area contributed by atoms with Gasteiger partial charge in [-0.2, -0.15) is 0 Å². The predicted octanol–water partition coefficient (Wildman–Crippen LogP) is 3.20. The van der Waals surface area contributed by atoms with Crippen molar-refractivity contribution in [2.45, 2.75) is 6.10 Å². The van der Waals surface area contributed by atoms with Gasteiger partial charge in [-0.1, -0.05) is 30.3 Å². The summed E-state index contributed by atoms with van der Waals surface area (Å²) < 4.78 is 10.5. The van der Waals surface area contributed by atoms with E-state index >= 15 is 0 Å². The maximum Gasteiger partial charge on any atom is 0.0885 e. The van der Waals surface area contributed by atoms with Crippen LogP contribution in [0.1, 0.15) is 0 Å². The highest BCUT2D eigenvalue weighted by Gasteiger charge is 2.30. The number of benzene rings is 2. The van der Waals surface area contributed by atoms with Crippen LogP contribution in [0.4, 0.5) is 17.1 Å². The van der Waals surface area contributed by atoms with Gasteiger partial charge in [0.2, 0.25) is 0 Å². The minimum Gasteiger partial charge on any atom is -0.374 e. The third kappa shape index (κ3) is 2.67. The lowest BCUT2D eigenvalue weighted by Crippen LogP contribution is -2.43. The molecule has 0 bridgehead atoms. The molecule has 0 spiro atoms. The summed E-state index contributed by atoms with van der Waals surface area (Å²) in [4.78, 5) is 0. The van der Waals surface area contributed by atoms with E-state index in [4.69, 9.17) is 4.74 Å². The number of para-hydroxylation sites is 3. The van der Waals surface area contributed by atoms with Gasteiger partial charge in [-0.25, -0.2) is 0 Å². The lowest BCUT2D eigenvalue weighted by atomic mass is 10.2. The number of nitrogens with one attached hydrogen (secondary N) is 1. The summed E-state index contributed by atoms with van der Waals surface area (Å²) in [5, 5.41) is 3.40. The number of rotatable bonds is 3. The molecule has 1 fully saturated rings. The Hall–Kier alpha value is -1.69. The molecule has 114 valence electrons. The summed E-state index contributed by atoms with van der Waals surface area (Å²) in [6.45, 7) is 3.56. The molecule has 2 aromatic rings. The van der Waals surface area contributed by atoms with Crippen molar-refractivity contribution in [3.05, 3.63) is 54.6 Å². The molecule has 0 saturated carbocycles. The van der Waals surface area contributed by atoms with E-state index in [2.05, 4.69) is 68.5 Å². The molecular weight excluding hydrogens is 294 g/mol. The van der Waals surface area contributed by atoms with Gasteiger partial charge in [0.05, 0.1) is 48.5 Å². The van der Waals surface area contributed by atoms with Gasteiger partial charge in [-0.05, 0) is 24.3 Å². The summed E-state index contributed by atoms with van der Waals surface area (Å²) in [7, 11) is 0. The highest BCUT2D eigenvalue weighted by Crippen LogP contribution is 2.48. The van der Waals surface area contributed by atoms with E-state index in [1.165, 1.54) is 17.1 Å². The third-order valence-corrected chi connectivity index (χ3v) is 5.03. The quantitative estimate of drug-likeness (QED) is 0.879. The molecule has 1 saturated heterocycles. The molecule has 22 heavy (non-hydrogen) atoms. The first-order valence-corrected chi connectivity index (χ1v) is 8.37. The normalized spacial score (nSPS) is 21.0. The Kier molecular flexibility index (Phi) is 3.93. The summed E-state index contributed by atoms with van der Waals surface area (Å²) in [6.07, 6.45) is 0.241. The smallest absolute Gasteiger partial charge is 0.0885 e. The first-order valence-electron chi connectivity index (χ1n) is 7.64. The van der Waals surface area contributed by atoms with Crippen molar-refractivity contribution in [2.24, 2.45) is 0 Å². The maximum absolute atomic E-state index is 5.86. The SMILES string of the molecule is c1ccc(N2SN(C[C@@H]3CNCCO3)c3ccccc32)cc1. The molecule has 1 atom stereocenters. The van der Waals surface area contributed by atoms with Gasteiger partial charge in [0.25, 0.3) is 0 Å². The van der Waals surface area contributed by atoms with Gasteiger partial charge in [0, 0.05) is 13.1 Å². The van der Waals surface area contributed by atoms with Crippen molar-refractivity contribution >= 4 is 29.2 Å². The standard InChI is InChI=1S/C17H19N3OS/c1-2-6-14(7-3-1)20-17-9-5-4-8-16(17)19(22-20)13-15-12-18-10-11-21-15/h1-9,15,18H,10-13H2/t15-/m0/s1. The van der Waals surface area contributed by atoms with Crippen molar-refractivity contribution in [1.29, 1.82) is 0 Å². The summed E-state index contributed by atoms with van der Waals surface area (Å²) >= 11 is 1.75. The summed E-state index contributed by atoms with van der Waals surface area (Å²) in [6, 6.07) is 19.0. The number of nitrogens with zero attached hydrogens (tertiary/aromatic N) is 2. The van der Waals surface area contributed by atoms with Gasteiger partial charge in [0.1, 0.15) is 0 Å². The largest absolute Gasteiger partial charge is 0.374 e. The average Bonchev–Trinajstić information content (AvgIpc) is 2.96. The van der Waals surface area contributed by atoms with Crippen LogP contribution >= 0.6 is 12.1 Å². The first kappa shape index (κ1) is 13.9. The maximum atomic E-state index is 5.86. The molecule has 0 aromatic heterocycles. The molecule has 0 aliphatic carbocycles. The molecule has 4 nitrogen and oxygen atoms in total. The number of hydrogen-bond acceptors (Lipinski definition) is 5. The topological polar surface area (TPSA) is 27.7 Å². The van der Waals surface area contributed by atoms with Crippen LogP contribution in [0.3, 0.4) is 0 Å². The van der Waals surface area contributed by atoms with E-state index in [0.29, 0.717) is 0 Å². The molecule has 0 radical (unpaired) electrons. The van der Waals surface area contributed by atoms with E-state index in [0.717, 1.165) is 26.2 Å². The fourth-order valence-electron chi connectivity index (χ4n) is 2.84. The van der Waals surface area contributed by atoms with Crippen LogP contribution < -0.4 is 13.9 Å². The fourth-order valence-corrected chi connectivity index (χ4v) is 3.97. The molecule has 0 amide bonds. The highest BCUT2D eigenvalue weighted by atomic mass is 32.2. The number of morpholine rings is 1. The minimum absolute atomic E-state index is 0.241. The molecule has 2 aliphatic heterocycles. The number of hydrogen-bond donors (Lipinski definition) is 1. The second kappa shape index (κ2) is 6.20. The Morgan fingerprint density at radius 1 is 1.05 bits per heavy atom. The van der Waals surface area contributed by atoms with Crippen molar-refractivity contribution in [3.8, 4) is 0 Å². The average molecular weight is 313 g/mol. The first-order chi connectivity index (χ1) is 10.9. The highest BCUT2D eigenvalue weighted by molar-refractivity contribution is 8.02. The van der Waals surface area contributed by atoms with Gasteiger partial charge in [-0.3, -0.25) is 8.61 Å². The molecular formula is C17H19N3OS. The van der Waals surface area contributed by atoms with E-state index in [-0.39, 0.29) is 6.10 Å². The number of fused-ring (bicyclic) bond motifs is 1. The van der Waals surface area contributed by atoms with E-state index in [1.807, 2.05) is 0 Å². The Morgan fingerprint density at radius 3 is 2.59 bits per heavy atom. The van der Waals surface area contributed by atoms with E-state index < -0.39 is 0 Å². The summed E-state index contributed by atoms with van der Waals surface area (Å²) in [5.74, 6) is 0. The molecule has 2 aliphatic rings. The molecule has 0 unspecified atom stereocenters. The minimum atomic E-state index is 0.241. The zero-order chi connectivity index (χ0) is 14.8. The van der Waals surface area contributed by atoms with Crippen molar-refractivity contribution in [3.63, 3.8) is 0 Å². The Balaban J connectivity index is 1.59. The summed E-state index contributed by atoms with van der Waals surface area (Å²) in [5.41, 5.74) is 3.69. The second-order valence-corrected chi connectivity index (χ2v) is 6.43. The van der Waals surface area contributed by atoms with Crippen LogP contribution in [0.2, 0.25) is 0 Å². The van der Waals surface area contributed by atoms with Crippen LogP contribution in [-0.4, -0.2) is 32.3 Å².